The minimum absolute atomic E-state index is 0.0336. The second-order valence-electron chi connectivity index (χ2n) is 6.71. The molecule has 0 radical (unpaired) electrons. The van der Waals surface area contributed by atoms with Gasteiger partial charge in [-0.1, -0.05) is 6.08 Å². The van der Waals surface area contributed by atoms with Crippen LogP contribution in [-0.4, -0.2) is 53.6 Å². The Balaban J connectivity index is 1.61. The number of non-ortho nitro benzene ring substituents is 1. The van der Waals surface area contributed by atoms with Gasteiger partial charge in [-0.2, -0.15) is 0 Å². The van der Waals surface area contributed by atoms with Gasteiger partial charge >= 0.3 is 0 Å². The second-order valence-corrected chi connectivity index (χ2v) is 6.71. The molecule has 9 nitrogen and oxygen atoms in total. The summed E-state index contributed by atoms with van der Waals surface area (Å²) in [6.45, 7) is 2.66. The fourth-order valence-electron chi connectivity index (χ4n) is 3.59. The maximum atomic E-state index is 10.9. The average Bonchev–Trinajstić information content (AvgIpc) is 3.12. The molecule has 0 bridgehead atoms. The van der Waals surface area contributed by atoms with Crippen LogP contribution in [0, 0.1) is 10.1 Å². The smallest absolute Gasteiger partial charge is 0.269 e. The van der Waals surface area contributed by atoms with Gasteiger partial charge in [-0.05, 0) is 18.2 Å². The van der Waals surface area contributed by atoms with Gasteiger partial charge in [-0.3, -0.25) is 10.1 Å². The third-order valence-electron chi connectivity index (χ3n) is 5.02. The zero-order valence-corrected chi connectivity index (χ0v) is 14.9. The van der Waals surface area contributed by atoms with Crippen LogP contribution in [0.25, 0.3) is 11.4 Å². The number of fused-ring (bicyclic) bond motifs is 3. The molecule has 3 aliphatic heterocycles. The number of aromatic nitrogens is 2. The third-order valence-corrected chi connectivity index (χ3v) is 5.02. The Morgan fingerprint density at radius 3 is 2.68 bits per heavy atom. The van der Waals surface area contributed by atoms with Crippen molar-refractivity contribution in [2.45, 2.75) is 12.1 Å². The van der Waals surface area contributed by atoms with E-state index in [1.54, 1.807) is 18.3 Å². The number of dihydropyridines is 1. The monoisotopic (exact) mass is 379 g/mol. The van der Waals surface area contributed by atoms with Crippen molar-refractivity contribution in [3.8, 4) is 17.1 Å². The van der Waals surface area contributed by atoms with E-state index >= 15 is 0 Å². The molecular weight excluding hydrogens is 362 g/mol. The zero-order chi connectivity index (χ0) is 19.1. The summed E-state index contributed by atoms with van der Waals surface area (Å²) in [4.78, 5) is 26.6. The van der Waals surface area contributed by atoms with Crippen LogP contribution in [0.1, 0.15) is 11.6 Å². The predicted molar refractivity (Wildman–Crippen MR) is 102 cm³/mol. The molecule has 1 aromatic heterocycles. The highest BCUT2D eigenvalue weighted by Crippen LogP contribution is 2.45. The Kier molecular flexibility index (Phi) is 4.01. The number of allylic oxidation sites excluding steroid dienone is 1. The van der Waals surface area contributed by atoms with E-state index < -0.39 is 4.92 Å². The molecule has 0 N–H and O–H groups in total. The first-order chi connectivity index (χ1) is 13.7. The highest BCUT2D eigenvalue weighted by molar-refractivity contribution is 5.74. The summed E-state index contributed by atoms with van der Waals surface area (Å²) in [5, 5.41) is 10.9. The highest BCUT2D eigenvalue weighted by Gasteiger charge is 2.39. The topological polar surface area (TPSA) is 103 Å². The first-order valence-electron chi connectivity index (χ1n) is 9.07. The number of hydrogen-bond donors (Lipinski definition) is 0. The van der Waals surface area contributed by atoms with Gasteiger partial charge < -0.3 is 14.4 Å². The largest absolute Gasteiger partial charge is 0.462 e. The maximum Gasteiger partial charge on any atom is 0.269 e. The molecule has 142 valence electrons. The molecule has 1 saturated heterocycles. The SMILES string of the molecule is O=[N+]([O-])c1ccc(-c2nc3c(c(N4CCOCC4)n2)OC2N=CC=CC32)cc1. The van der Waals surface area contributed by atoms with Crippen LogP contribution >= 0.6 is 0 Å². The Morgan fingerprint density at radius 1 is 1.14 bits per heavy atom. The van der Waals surface area contributed by atoms with E-state index in [1.807, 2.05) is 12.2 Å². The maximum absolute atomic E-state index is 10.9. The van der Waals surface area contributed by atoms with Crippen LogP contribution in [0.15, 0.2) is 41.4 Å². The Morgan fingerprint density at radius 2 is 1.93 bits per heavy atom. The molecule has 5 rings (SSSR count). The second kappa shape index (κ2) is 6.68. The highest BCUT2D eigenvalue weighted by atomic mass is 16.6. The van der Waals surface area contributed by atoms with Crippen LogP contribution in [-0.2, 0) is 4.74 Å². The molecule has 2 atom stereocenters. The van der Waals surface area contributed by atoms with Gasteiger partial charge in [0, 0.05) is 37.0 Å². The summed E-state index contributed by atoms with van der Waals surface area (Å²) in [5.74, 6) is 1.83. The Labute approximate surface area is 160 Å². The van der Waals surface area contributed by atoms with E-state index in [-0.39, 0.29) is 17.8 Å². The number of aliphatic imine (C=N–C) groups is 1. The molecule has 3 aliphatic rings. The molecule has 0 aliphatic carbocycles. The lowest BCUT2D eigenvalue weighted by molar-refractivity contribution is -0.384. The van der Waals surface area contributed by atoms with Crippen LogP contribution in [0.3, 0.4) is 0 Å². The van der Waals surface area contributed by atoms with Crippen molar-refractivity contribution < 1.29 is 14.4 Å². The summed E-state index contributed by atoms with van der Waals surface area (Å²) in [6, 6.07) is 6.27. The standard InChI is InChI=1S/C19H17N5O4/c25-24(26)13-5-3-12(4-6-13)17-21-15-14-2-1-7-20-19(14)28-16(15)18(22-17)23-8-10-27-11-9-23/h1-7,14,19H,8-11H2. The third kappa shape index (κ3) is 2.80. The van der Waals surface area contributed by atoms with E-state index in [0.29, 0.717) is 37.9 Å². The number of ether oxygens (including phenoxy) is 2. The molecule has 2 aromatic rings. The molecule has 9 heteroatoms. The summed E-state index contributed by atoms with van der Waals surface area (Å²) in [7, 11) is 0. The van der Waals surface area contributed by atoms with Gasteiger partial charge in [0.25, 0.3) is 5.69 Å². The first-order valence-corrected chi connectivity index (χ1v) is 9.07. The van der Waals surface area contributed by atoms with Gasteiger partial charge in [0.1, 0.15) is 5.69 Å². The van der Waals surface area contributed by atoms with Gasteiger partial charge in [0.2, 0.25) is 6.23 Å². The lowest BCUT2D eigenvalue weighted by atomic mass is 10.0. The number of nitro benzene ring substituents is 1. The molecule has 1 fully saturated rings. The van der Waals surface area contributed by atoms with Gasteiger partial charge in [-0.25, -0.2) is 15.0 Å². The molecule has 0 spiro atoms. The number of anilines is 1. The van der Waals surface area contributed by atoms with Crippen molar-refractivity contribution >= 4 is 17.7 Å². The summed E-state index contributed by atoms with van der Waals surface area (Å²) in [6.07, 6.45) is 5.31. The Bertz CT molecular complexity index is 983. The van der Waals surface area contributed by atoms with Crippen molar-refractivity contribution in [3.63, 3.8) is 0 Å². The molecular formula is C19H17N5O4. The van der Waals surface area contributed by atoms with Crippen LogP contribution in [0.2, 0.25) is 0 Å². The number of morpholine rings is 1. The minimum atomic E-state index is -0.421. The van der Waals surface area contributed by atoms with Crippen LogP contribution in [0.4, 0.5) is 11.5 Å². The summed E-state index contributed by atoms with van der Waals surface area (Å²) < 4.78 is 11.6. The predicted octanol–water partition coefficient (Wildman–Crippen LogP) is 2.33. The van der Waals surface area contributed by atoms with Crippen molar-refractivity contribution in [1.29, 1.82) is 0 Å². The average molecular weight is 379 g/mol. The van der Waals surface area contributed by atoms with Gasteiger partial charge in [-0.15, -0.1) is 0 Å². The van der Waals surface area contributed by atoms with E-state index in [9.17, 15) is 10.1 Å². The number of hydrogen-bond acceptors (Lipinski definition) is 8. The molecule has 28 heavy (non-hydrogen) atoms. The number of nitro groups is 1. The van der Waals surface area contributed by atoms with Crippen molar-refractivity contribution in [3.05, 3.63) is 52.2 Å². The van der Waals surface area contributed by atoms with Gasteiger partial charge in [0.15, 0.2) is 17.4 Å². The number of benzene rings is 1. The van der Waals surface area contributed by atoms with Crippen molar-refractivity contribution in [1.82, 2.24) is 9.97 Å². The lowest BCUT2D eigenvalue weighted by Crippen LogP contribution is -2.37. The van der Waals surface area contributed by atoms with Crippen LogP contribution in [0.5, 0.6) is 5.75 Å². The fourth-order valence-corrected chi connectivity index (χ4v) is 3.59. The summed E-state index contributed by atoms with van der Waals surface area (Å²) in [5.41, 5.74) is 1.55. The van der Waals surface area contributed by atoms with Gasteiger partial charge in [0.05, 0.1) is 24.1 Å². The molecule has 1 aromatic carbocycles. The van der Waals surface area contributed by atoms with Crippen molar-refractivity contribution in [2.75, 3.05) is 31.2 Å². The molecule has 2 unspecified atom stereocenters. The minimum Gasteiger partial charge on any atom is -0.462 e. The normalized spacial score (nSPS) is 22.5. The molecule has 0 saturated carbocycles. The molecule has 4 heterocycles. The van der Waals surface area contributed by atoms with Crippen molar-refractivity contribution in [2.24, 2.45) is 4.99 Å². The summed E-state index contributed by atoms with van der Waals surface area (Å²) >= 11 is 0. The van der Waals surface area contributed by atoms with E-state index in [2.05, 4.69) is 9.89 Å². The Hall–Kier alpha value is -3.33. The van der Waals surface area contributed by atoms with E-state index in [0.717, 1.165) is 17.1 Å². The first kappa shape index (κ1) is 16.8. The van der Waals surface area contributed by atoms with E-state index in [4.69, 9.17) is 19.4 Å². The number of rotatable bonds is 3. The fraction of sp³-hybridized carbons (Fsp3) is 0.316. The van der Waals surface area contributed by atoms with Crippen LogP contribution < -0.4 is 9.64 Å². The molecule has 0 amide bonds. The van der Waals surface area contributed by atoms with E-state index in [1.165, 1.54) is 12.1 Å². The lowest BCUT2D eigenvalue weighted by Gasteiger charge is -2.29. The number of nitrogens with zero attached hydrogens (tertiary/aromatic N) is 5. The quantitative estimate of drug-likeness (QED) is 0.595. The zero-order valence-electron chi connectivity index (χ0n) is 14.9.